The molecule has 0 spiro atoms. The molecule has 7 nitrogen and oxygen atoms in total. The Kier molecular flexibility index (Phi) is 8.30. The Hall–Kier alpha value is -3.06. The minimum absolute atomic E-state index is 0.0309. The quantitative estimate of drug-likeness (QED) is 0.559. The molecular formula is C21H24O7. The normalized spacial score (nSPS) is 10.4. The van der Waals surface area contributed by atoms with Crippen molar-refractivity contribution in [3.63, 3.8) is 0 Å². The van der Waals surface area contributed by atoms with Crippen molar-refractivity contribution in [3.8, 4) is 23.0 Å². The van der Waals surface area contributed by atoms with E-state index in [9.17, 15) is 14.7 Å². The van der Waals surface area contributed by atoms with Crippen LogP contribution in [0.15, 0.2) is 36.4 Å². The zero-order chi connectivity index (χ0) is 20.4. The highest BCUT2D eigenvalue weighted by atomic mass is 16.5. The first-order chi connectivity index (χ1) is 13.6. The van der Waals surface area contributed by atoms with E-state index in [2.05, 4.69) is 0 Å². The highest BCUT2D eigenvalue weighted by Crippen LogP contribution is 2.29. The van der Waals surface area contributed by atoms with Crippen LogP contribution in [-0.2, 0) is 0 Å². The number of carbonyl (C=O) groups excluding carboxylic acids is 2. The second-order valence-corrected chi connectivity index (χ2v) is 5.79. The van der Waals surface area contributed by atoms with Crippen LogP contribution in [0.25, 0.3) is 0 Å². The van der Waals surface area contributed by atoms with Crippen LogP contribution in [0.2, 0.25) is 0 Å². The second-order valence-electron chi connectivity index (χ2n) is 5.79. The molecule has 150 valence electrons. The molecule has 2 rings (SSSR count). The third-order valence-electron chi connectivity index (χ3n) is 3.67. The SMILES string of the molecule is CCOc1cc(C=O)ccc1OCC(O)COc1ccc(C=O)cc1OCC. The van der Waals surface area contributed by atoms with E-state index in [0.29, 0.717) is 47.3 Å². The molecule has 7 heteroatoms. The molecular weight excluding hydrogens is 364 g/mol. The predicted octanol–water partition coefficient (Wildman–Crippen LogP) is 2.93. The Morgan fingerprint density at radius 1 is 0.750 bits per heavy atom. The first-order valence-corrected chi connectivity index (χ1v) is 8.98. The summed E-state index contributed by atoms with van der Waals surface area (Å²) in [7, 11) is 0. The largest absolute Gasteiger partial charge is 0.490 e. The maximum absolute atomic E-state index is 10.9. The molecule has 0 fully saturated rings. The van der Waals surface area contributed by atoms with E-state index in [4.69, 9.17) is 18.9 Å². The summed E-state index contributed by atoms with van der Waals surface area (Å²) in [6, 6.07) is 9.62. The summed E-state index contributed by atoms with van der Waals surface area (Å²) >= 11 is 0. The number of carbonyl (C=O) groups is 2. The molecule has 2 aromatic carbocycles. The Bertz CT molecular complexity index is 723. The summed E-state index contributed by atoms with van der Waals surface area (Å²) in [5.41, 5.74) is 0.948. The summed E-state index contributed by atoms with van der Waals surface area (Å²) in [6.07, 6.45) is 0.530. The van der Waals surface area contributed by atoms with Gasteiger partial charge in [0.2, 0.25) is 0 Å². The van der Waals surface area contributed by atoms with E-state index in [1.165, 1.54) is 0 Å². The average Bonchev–Trinajstić information content (AvgIpc) is 2.72. The van der Waals surface area contributed by atoms with Gasteiger partial charge >= 0.3 is 0 Å². The number of hydrogen-bond acceptors (Lipinski definition) is 7. The molecule has 2 aromatic rings. The van der Waals surface area contributed by atoms with E-state index in [1.54, 1.807) is 36.4 Å². The van der Waals surface area contributed by atoms with Gasteiger partial charge in [0.15, 0.2) is 23.0 Å². The number of aliphatic hydroxyl groups excluding tert-OH is 1. The fraction of sp³-hybridized carbons (Fsp3) is 0.333. The molecule has 0 aliphatic rings. The Morgan fingerprint density at radius 3 is 1.54 bits per heavy atom. The molecule has 0 saturated carbocycles. The Morgan fingerprint density at radius 2 is 1.18 bits per heavy atom. The number of benzene rings is 2. The Balaban J connectivity index is 1.95. The van der Waals surface area contributed by atoms with Gasteiger partial charge in [0, 0.05) is 11.1 Å². The van der Waals surface area contributed by atoms with Crippen LogP contribution in [0.4, 0.5) is 0 Å². The lowest BCUT2D eigenvalue weighted by Crippen LogP contribution is -2.25. The molecule has 0 amide bonds. The van der Waals surface area contributed by atoms with Gasteiger partial charge in [0.05, 0.1) is 13.2 Å². The van der Waals surface area contributed by atoms with Crippen LogP contribution in [0.1, 0.15) is 34.6 Å². The van der Waals surface area contributed by atoms with Crippen molar-refractivity contribution in [2.24, 2.45) is 0 Å². The topological polar surface area (TPSA) is 91.3 Å². The lowest BCUT2D eigenvalue weighted by molar-refractivity contribution is 0.0602. The Labute approximate surface area is 163 Å². The summed E-state index contributed by atoms with van der Waals surface area (Å²) in [6.45, 7) is 4.42. The zero-order valence-electron chi connectivity index (χ0n) is 15.9. The highest BCUT2D eigenvalue weighted by molar-refractivity contribution is 5.77. The summed E-state index contributed by atoms with van der Waals surface area (Å²) in [5.74, 6) is 1.72. The first-order valence-electron chi connectivity index (χ1n) is 8.98. The zero-order valence-corrected chi connectivity index (χ0v) is 15.9. The van der Waals surface area contributed by atoms with Gasteiger partial charge in [-0.25, -0.2) is 0 Å². The molecule has 0 aliphatic heterocycles. The van der Waals surface area contributed by atoms with Crippen molar-refractivity contribution in [2.45, 2.75) is 20.0 Å². The van der Waals surface area contributed by atoms with E-state index in [1.807, 2.05) is 13.8 Å². The number of ether oxygens (including phenoxy) is 4. The summed E-state index contributed by atoms with van der Waals surface area (Å²) in [5, 5.41) is 10.2. The number of aliphatic hydroxyl groups is 1. The maximum Gasteiger partial charge on any atom is 0.161 e. The van der Waals surface area contributed by atoms with Crippen molar-refractivity contribution in [2.75, 3.05) is 26.4 Å². The van der Waals surface area contributed by atoms with Crippen LogP contribution in [0.3, 0.4) is 0 Å². The number of rotatable bonds is 12. The number of hydrogen-bond donors (Lipinski definition) is 1. The predicted molar refractivity (Wildman–Crippen MR) is 103 cm³/mol. The van der Waals surface area contributed by atoms with Gasteiger partial charge in [-0.05, 0) is 50.2 Å². The minimum atomic E-state index is -0.916. The molecule has 0 bridgehead atoms. The van der Waals surface area contributed by atoms with Gasteiger partial charge in [0.1, 0.15) is 31.9 Å². The molecule has 28 heavy (non-hydrogen) atoms. The van der Waals surface area contributed by atoms with Gasteiger partial charge in [-0.15, -0.1) is 0 Å². The standard InChI is InChI=1S/C21H24O7/c1-3-25-20-9-15(11-22)5-7-18(20)27-13-17(24)14-28-19-8-6-16(12-23)10-21(19)26-4-2/h5-12,17,24H,3-4,13-14H2,1-2H3. The first kappa shape index (κ1) is 21.2. The average molecular weight is 388 g/mol. The van der Waals surface area contributed by atoms with E-state index in [-0.39, 0.29) is 13.2 Å². The van der Waals surface area contributed by atoms with Crippen molar-refractivity contribution in [3.05, 3.63) is 47.5 Å². The van der Waals surface area contributed by atoms with Gasteiger partial charge in [0.25, 0.3) is 0 Å². The highest BCUT2D eigenvalue weighted by Gasteiger charge is 2.13. The van der Waals surface area contributed by atoms with Gasteiger partial charge < -0.3 is 24.1 Å². The van der Waals surface area contributed by atoms with Crippen molar-refractivity contribution < 1.29 is 33.6 Å². The number of aldehydes is 2. The van der Waals surface area contributed by atoms with Crippen molar-refractivity contribution in [1.82, 2.24) is 0 Å². The lowest BCUT2D eigenvalue weighted by atomic mass is 10.2. The molecule has 0 aliphatic carbocycles. The minimum Gasteiger partial charge on any atom is -0.490 e. The fourth-order valence-corrected chi connectivity index (χ4v) is 2.39. The van der Waals surface area contributed by atoms with Gasteiger partial charge in [-0.3, -0.25) is 9.59 Å². The second kappa shape index (κ2) is 10.9. The molecule has 0 saturated heterocycles. The van der Waals surface area contributed by atoms with Crippen LogP contribution in [-0.4, -0.2) is 50.2 Å². The van der Waals surface area contributed by atoms with Crippen LogP contribution in [0, 0.1) is 0 Å². The van der Waals surface area contributed by atoms with E-state index in [0.717, 1.165) is 12.6 Å². The van der Waals surface area contributed by atoms with E-state index >= 15 is 0 Å². The van der Waals surface area contributed by atoms with Crippen LogP contribution >= 0.6 is 0 Å². The molecule has 0 aromatic heterocycles. The summed E-state index contributed by atoms with van der Waals surface area (Å²) < 4.78 is 22.1. The smallest absolute Gasteiger partial charge is 0.161 e. The van der Waals surface area contributed by atoms with Crippen molar-refractivity contribution >= 4 is 12.6 Å². The summed E-state index contributed by atoms with van der Waals surface area (Å²) in [4.78, 5) is 21.8. The molecule has 0 radical (unpaired) electrons. The lowest BCUT2D eigenvalue weighted by Gasteiger charge is -2.17. The fourth-order valence-electron chi connectivity index (χ4n) is 2.39. The molecule has 1 N–H and O–H groups in total. The maximum atomic E-state index is 10.9. The van der Waals surface area contributed by atoms with Gasteiger partial charge in [-0.2, -0.15) is 0 Å². The van der Waals surface area contributed by atoms with Crippen LogP contribution < -0.4 is 18.9 Å². The molecule has 0 heterocycles. The van der Waals surface area contributed by atoms with Crippen molar-refractivity contribution in [1.29, 1.82) is 0 Å². The molecule has 0 atom stereocenters. The molecule has 0 unspecified atom stereocenters. The van der Waals surface area contributed by atoms with E-state index < -0.39 is 6.10 Å². The third kappa shape index (κ3) is 5.99. The monoisotopic (exact) mass is 388 g/mol. The third-order valence-corrected chi connectivity index (χ3v) is 3.67. The van der Waals surface area contributed by atoms with Gasteiger partial charge in [-0.1, -0.05) is 0 Å². The van der Waals surface area contributed by atoms with Crippen LogP contribution in [0.5, 0.6) is 23.0 Å².